The molecular weight excluding hydrogens is 601 g/mol. The summed E-state index contributed by atoms with van der Waals surface area (Å²) in [5.74, 6) is 0.123. The van der Waals surface area contributed by atoms with Gasteiger partial charge in [-0.1, -0.05) is 62.4 Å². The fourth-order valence-electron chi connectivity index (χ4n) is 5.95. The van der Waals surface area contributed by atoms with E-state index in [4.69, 9.17) is 4.74 Å². The van der Waals surface area contributed by atoms with Gasteiger partial charge in [-0.25, -0.2) is 13.2 Å². The molecule has 2 atom stereocenters. The molecule has 0 aromatic heterocycles. The van der Waals surface area contributed by atoms with Crippen molar-refractivity contribution in [1.29, 1.82) is 0 Å². The maximum Gasteiger partial charge on any atom is 0.326 e. The summed E-state index contributed by atoms with van der Waals surface area (Å²) in [6, 6.07) is 11.5. The van der Waals surface area contributed by atoms with Crippen LogP contribution in [0.5, 0.6) is 0 Å². The van der Waals surface area contributed by atoms with Crippen LogP contribution < -0.4 is 5.32 Å². The summed E-state index contributed by atoms with van der Waals surface area (Å²) in [6.07, 6.45) is 6.82. The Kier molecular flexibility index (Phi) is 12.3. The lowest BCUT2D eigenvalue weighted by Crippen LogP contribution is -2.45. The van der Waals surface area contributed by atoms with Gasteiger partial charge in [-0.15, -0.1) is 0 Å². The minimum atomic E-state index is -3.41. The highest BCUT2D eigenvalue weighted by Gasteiger charge is 2.30. The predicted molar refractivity (Wildman–Crippen MR) is 174 cm³/mol. The highest BCUT2D eigenvalue weighted by molar-refractivity contribution is 7.99. The molecule has 1 aliphatic carbocycles. The molecular formula is C33H44N2O7S2. The number of carbonyl (C=O) groups excluding carboxylic acids is 2. The van der Waals surface area contributed by atoms with Crippen molar-refractivity contribution < 1.29 is 32.6 Å². The first-order chi connectivity index (χ1) is 21.0. The molecule has 2 fully saturated rings. The van der Waals surface area contributed by atoms with Gasteiger partial charge < -0.3 is 20.1 Å². The van der Waals surface area contributed by atoms with Crippen LogP contribution in [0.3, 0.4) is 0 Å². The van der Waals surface area contributed by atoms with E-state index in [1.54, 1.807) is 12.1 Å². The molecule has 2 aromatic rings. The number of nitrogens with one attached hydrogen (secondary N) is 1. The highest BCUT2D eigenvalue weighted by atomic mass is 32.2. The molecule has 0 bridgehead atoms. The maximum absolute atomic E-state index is 13.6. The van der Waals surface area contributed by atoms with Gasteiger partial charge in [-0.2, -0.15) is 11.8 Å². The fraction of sp³-hybridized carbons (Fsp3) is 0.545. The Hall–Kier alpha value is -2.89. The molecule has 2 aromatic carbocycles. The Morgan fingerprint density at radius 1 is 1.05 bits per heavy atom. The standard InChI is InChI=1S/C33H44N2O7S2/c1-23-8-6-7-11-26(23)28-20-25(12-13-27(28)31(36)34-29(33(38)39)14-19-44(2,40)41)22-42-30(21-24-9-4-3-5-10-24)32(37)35-15-17-43-18-16-35/h6-8,11-13,20,24,29-30H,3-5,9-10,14-19,21-22H2,1-2H3,(H,34,36)(H,38,39). The summed E-state index contributed by atoms with van der Waals surface area (Å²) in [7, 11) is -3.41. The number of carboxylic acids is 1. The summed E-state index contributed by atoms with van der Waals surface area (Å²) < 4.78 is 29.7. The lowest BCUT2D eigenvalue weighted by Gasteiger charge is -2.32. The van der Waals surface area contributed by atoms with E-state index in [1.807, 2.05) is 53.9 Å². The van der Waals surface area contributed by atoms with Crippen LogP contribution in [0.25, 0.3) is 11.1 Å². The Balaban J connectivity index is 1.57. The SMILES string of the molecule is Cc1ccccc1-c1cc(COC(CC2CCCCC2)C(=O)N2CCSCC2)ccc1C(=O)NC(CCS(C)(=O)=O)C(=O)O. The second kappa shape index (κ2) is 15.9. The highest BCUT2D eigenvalue weighted by Crippen LogP contribution is 2.31. The van der Waals surface area contributed by atoms with Crippen molar-refractivity contribution in [3.8, 4) is 11.1 Å². The van der Waals surface area contributed by atoms with Crippen molar-refractivity contribution >= 4 is 39.4 Å². The quantitative estimate of drug-likeness (QED) is 0.321. The molecule has 2 N–H and O–H groups in total. The molecule has 44 heavy (non-hydrogen) atoms. The molecule has 2 aliphatic rings. The Labute approximate surface area is 265 Å². The van der Waals surface area contributed by atoms with E-state index in [-0.39, 0.29) is 30.3 Å². The fourth-order valence-corrected chi connectivity index (χ4v) is 7.52. The van der Waals surface area contributed by atoms with Crippen LogP contribution >= 0.6 is 11.8 Å². The van der Waals surface area contributed by atoms with Crippen LogP contribution in [0.15, 0.2) is 42.5 Å². The van der Waals surface area contributed by atoms with Crippen LogP contribution in [0.4, 0.5) is 0 Å². The number of benzene rings is 2. The minimum absolute atomic E-state index is 0.0554. The number of hydrogen-bond donors (Lipinski definition) is 2. The van der Waals surface area contributed by atoms with Crippen molar-refractivity contribution in [2.45, 2.75) is 70.6 Å². The molecule has 2 amide bonds. The third-order valence-electron chi connectivity index (χ3n) is 8.47. The Morgan fingerprint density at radius 3 is 2.41 bits per heavy atom. The van der Waals surface area contributed by atoms with E-state index in [9.17, 15) is 27.9 Å². The minimum Gasteiger partial charge on any atom is -0.480 e. The monoisotopic (exact) mass is 644 g/mol. The molecule has 0 radical (unpaired) electrons. The van der Waals surface area contributed by atoms with Crippen molar-refractivity contribution in [3.05, 3.63) is 59.2 Å². The number of ether oxygens (including phenoxy) is 1. The van der Waals surface area contributed by atoms with E-state index in [0.29, 0.717) is 17.9 Å². The number of thioether (sulfide) groups is 1. The molecule has 1 saturated heterocycles. The number of carbonyl (C=O) groups is 3. The third kappa shape index (κ3) is 9.81. The number of aliphatic carboxylic acids is 1. The maximum atomic E-state index is 13.6. The van der Waals surface area contributed by atoms with E-state index in [1.165, 1.54) is 19.3 Å². The van der Waals surface area contributed by atoms with Gasteiger partial charge in [0.05, 0.1) is 12.4 Å². The lowest BCUT2D eigenvalue weighted by atomic mass is 9.85. The molecule has 9 nitrogen and oxygen atoms in total. The second-order valence-electron chi connectivity index (χ2n) is 12.0. The van der Waals surface area contributed by atoms with Crippen molar-refractivity contribution in [1.82, 2.24) is 10.2 Å². The Morgan fingerprint density at radius 2 is 1.75 bits per heavy atom. The van der Waals surface area contributed by atoms with Gasteiger partial charge in [0.25, 0.3) is 11.8 Å². The third-order valence-corrected chi connectivity index (χ3v) is 10.4. The zero-order valence-electron chi connectivity index (χ0n) is 25.6. The summed E-state index contributed by atoms with van der Waals surface area (Å²) in [4.78, 5) is 40.8. The summed E-state index contributed by atoms with van der Waals surface area (Å²) in [5, 5.41) is 12.2. The van der Waals surface area contributed by atoms with Gasteiger partial charge in [-0.3, -0.25) is 9.59 Å². The number of aryl methyl sites for hydroxylation is 1. The zero-order valence-corrected chi connectivity index (χ0v) is 27.3. The first kappa shape index (κ1) is 34.0. The number of hydrogen-bond acceptors (Lipinski definition) is 7. The van der Waals surface area contributed by atoms with Crippen LogP contribution in [-0.2, 0) is 30.8 Å². The Bertz CT molecular complexity index is 1420. The van der Waals surface area contributed by atoms with Gasteiger partial charge in [0.1, 0.15) is 22.0 Å². The second-order valence-corrected chi connectivity index (χ2v) is 15.4. The van der Waals surface area contributed by atoms with Gasteiger partial charge in [0, 0.05) is 36.4 Å². The van der Waals surface area contributed by atoms with Gasteiger partial charge >= 0.3 is 5.97 Å². The average Bonchev–Trinajstić information content (AvgIpc) is 3.01. The van der Waals surface area contributed by atoms with E-state index in [2.05, 4.69) is 5.32 Å². The van der Waals surface area contributed by atoms with E-state index in [0.717, 1.165) is 60.4 Å². The average molecular weight is 645 g/mol. The number of carboxylic acid groups (broad SMARTS) is 1. The van der Waals surface area contributed by atoms with Crippen LogP contribution in [0, 0.1) is 12.8 Å². The van der Waals surface area contributed by atoms with Crippen molar-refractivity contribution in [2.24, 2.45) is 5.92 Å². The number of sulfone groups is 1. The molecule has 0 spiro atoms. The number of nitrogens with zero attached hydrogens (tertiary/aromatic N) is 1. The summed E-state index contributed by atoms with van der Waals surface area (Å²) in [6.45, 7) is 3.59. The molecule has 1 saturated carbocycles. The smallest absolute Gasteiger partial charge is 0.326 e. The van der Waals surface area contributed by atoms with Crippen molar-refractivity contribution in [2.75, 3.05) is 36.6 Å². The molecule has 2 unspecified atom stereocenters. The largest absolute Gasteiger partial charge is 0.480 e. The summed E-state index contributed by atoms with van der Waals surface area (Å²) in [5.41, 5.74) is 3.41. The first-order valence-electron chi connectivity index (χ1n) is 15.4. The number of rotatable bonds is 13. The summed E-state index contributed by atoms with van der Waals surface area (Å²) >= 11 is 1.86. The molecule has 1 heterocycles. The van der Waals surface area contributed by atoms with Crippen molar-refractivity contribution in [3.63, 3.8) is 0 Å². The zero-order chi connectivity index (χ0) is 31.7. The normalized spacial score (nSPS) is 17.5. The van der Waals surface area contributed by atoms with Crippen LogP contribution in [0.1, 0.15) is 66.4 Å². The molecule has 11 heteroatoms. The molecule has 1 aliphatic heterocycles. The van der Waals surface area contributed by atoms with Crippen LogP contribution in [-0.4, -0.2) is 85.0 Å². The lowest BCUT2D eigenvalue weighted by molar-refractivity contribution is -0.145. The predicted octanol–water partition coefficient (Wildman–Crippen LogP) is 4.71. The molecule has 240 valence electrons. The van der Waals surface area contributed by atoms with Gasteiger partial charge in [0.2, 0.25) is 0 Å². The topological polar surface area (TPSA) is 130 Å². The molecule has 4 rings (SSSR count). The van der Waals surface area contributed by atoms with E-state index >= 15 is 0 Å². The van der Waals surface area contributed by atoms with Crippen LogP contribution in [0.2, 0.25) is 0 Å². The first-order valence-corrected chi connectivity index (χ1v) is 18.6. The number of amides is 2. The van der Waals surface area contributed by atoms with Gasteiger partial charge in [-0.05, 0) is 60.1 Å². The van der Waals surface area contributed by atoms with Gasteiger partial charge in [0.15, 0.2) is 0 Å². The van der Waals surface area contributed by atoms with E-state index < -0.39 is 33.9 Å².